The molecule has 180 valence electrons. The lowest BCUT2D eigenvalue weighted by atomic mass is 10.2. The molecule has 0 unspecified atom stereocenters. The fourth-order valence-corrected chi connectivity index (χ4v) is 5.83. The number of halogens is 2. The Morgan fingerprint density at radius 1 is 1.11 bits per heavy atom. The summed E-state index contributed by atoms with van der Waals surface area (Å²) < 4.78 is 1.98. The number of thioether (sulfide) groups is 2. The van der Waals surface area contributed by atoms with Gasteiger partial charge in [0.15, 0.2) is 10.3 Å². The molecule has 0 saturated carbocycles. The molecule has 1 N–H and O–H groups in total. The molecule has 0 aliphatic heterocycles. The third-order valence-corrected chi connectivity index (χ3v) is 8.20. The van der Waals surface area contributed by atoms with Crippen molar-refractivity contribution >= 4 is 69.1 Å². The van der Waals surface area contributed by atoms with E-state index >= 15 is 0 Å². The molecule has 1 amide bonds. The second kappa shape index (κ2) is 12.6. The van der Waals surface area contributed by atoms with Gasteiger partial charge < -0.3 is 9.88 Å². The number of allylic oxidation sites excluding steroid dienone is 1. The highest BCUT2D eigenvalue weighted by Gasteiger charge is 2.15. The Bertz CT molecular complexity index is 1310. The van der Waals surface area contributed by atoms with Crippen molar-refractivity contribution in [3.8, 4) is 11.3 Å². The Labute approximate surface area is 226 Å². The minimum absolute atomic E-state index is 0.146. The molecule has 2 aromatic heterocycles. The molecule has 4 rings (SSSR count). The van der Waals surface area contributed by atoms with Crippen molar-refractivity contribution in [2.45, 2.75) is 23.2 Å². The summed E-state index contributed by atoms with van der Waals surface area (Å²) in [5.74, 6) is 2.31. The average Bonchev–Trinajstić information content (AvgIpc) is 3.48. The average molecular weight is 563 g/mol. The van der Waals surface area contributed by atoms with E-state index in [0.717, 1.165) is 28.4 Å². The van der Waals surface area contributed by atoms with Crippen molar-refractivity contribution in [1.29, 1.82) is 0 Å². The lowest BCUT2D eigenvalue weighted by Crippen LogP contribution is -2.14. The molecule has 4 aromatic rings. The number of carbonyl (C=O) groups is 1. The van der Waals surface area contributed by atoms with E-state index in [9.17, 15) is 4.79 Å². The minimum Gasteiger partial charge on any atom is -0.301 e. The Balaban J connectivity index is 1.31. The molecule has 2 heterocycles. The first-order chi connectivity index (χ1) is 17.0. The van der Waals surface area contributed by atoms with Crippen molar-refractivity contribution < 1.29 is 4.79 Å². The Morgan fingerprint density at radius 2 is 1.94 bits per heavy atom. The monoisotopic (exact) mass is 561 g/mol. The Hall–Kier alpha value is -2.30. The highest BCUT2D eigenvalue weighted by atomic mass is 35.5. The quantitative estimate of drug-likeness (QED) is 0.156. The first-order valence-corrected chi connectivity index (χ1v) is 14.3. The highest BCUT2D eigenvalue weighted by Crippen LogP contribution is 2.27. The SMILES string of the molecule is C=CCn1c(CSCc2ccc(Cl)c(Cl)c2)nnc1SCC(=O)Nc1nc(-c2ccccc2)cs1. The van der Waals surface area contributed by atoms with Crippen LogP contribution >= 0.6 is 58.1 Å². The molecule has 35 heavy (non-hydrogen) atoms. The van der Waals surface area contributed by atoms with Crippen molar-refractivity contribution in [3.63, 3.8) is 0 Å². The molecular weight excluding hydrogens is 541 g/mol. The number of hydrogen-bond acceptors (Lipinski definition) is 7. The number of aromatic nitrogens is 4. The number of hydrogen-bond donors (Lipinski definition) is 1. The lowest BCUT2D eigenvalue weighted by molar-refractivity contribution is -0.113. The topological polar surface area (TPSA) is 72.7 Å². The summed E-state index contributed by atoms with van der Waals surface area (Å²) in [6, 6.07) is 15.5. The van der Waals surface area contributed by atoms with Crippen molar-refractivity contribution in [3.05, 3.63) is 88.0 Å². The molecule has 0 aliphatic carbocycles. The van der Waals surface area contributed by atoms with Crippen LogP contribution in [0.3, 0.4) is 0 Å². The van der Waals surface area contributed by atoms with Crippen molar-refractivity contribution in [2.24, 2.45) is 0 Å². The first kappa shape index (κ1) is 25.8. The van der Waals surface area contributed by atoms with Gasteiger partial charge in [-0.15, -0.1) is 39.9 Å². The predicted octanol–water partition coefficient (Wildman–Crippen LogP) is 7.06. The summed E-state index contributed by atoms with van der Waals surface area (Å²) in [5, 5.41) is 15.8. The molecule has 2 aromatic carbocycles. The van der Waals surface area contributed by atoms with Crippen LogP contribution in [0.15, 0.2) is 71.7 Å². The molecule has 0 aliphatic rings. The van der Waals surface area contributed by atoms with Crippen LogP contribution in [-0.2, 0) is 22.8 Å². The summed E-state index contributed by atoms with van der Waals surface area (Å²) in [5.41, 5.74) is 2.94. The number of benzene rings is 2. The summed E-state index contributed by atoms with van der Waals surface area (Å²) in [6.45, 7) is 4.40. The van der Waals surface area contributed by atoms with Gasteiger partial charge in [-0.2, -0.15) is 0 Å². The van der Waals surface area contributed by atoms with E-state index < -0.39 is 0 Å². The molecule has 11 heteroatoms. The van der Waals surface area contributed by atoms with Crippen molar-refractivity contribution in [2.75, 3.05) is 11.1 Å². The van der Waals surface area contributed by atoms with Gasteiger partial charge in [-0.1, -0.05) is 77.4 Å². The minimum atomic E-state index is -0.146. The normalized spacial score (nSPS) is 10.9. The van der Waals surface area contributed by atoms with Gasteiger partial charge >= 0.3 is 0 Å². The fourth-order valence-electron chi connectivity index (χ4n) is 3.09. The first-order valence-electron chi connectivity index (χ1n) is 10.5. The number of thiazole rings is 1. The van der Waals surface area contributed by atoms with E-state index in [1.54, 1.807) is 23.9 Å². The van der Waals surface area contributed by atoms with E-state index in [-0.39, 0.29) is 11.7 Å². The lowest BCUT2D eigenvalue weighted by Gasteiger charge is -2.08. The van der Waals surface area contributed by atoms with Gasteiger partial charge in [0.05, 0.1) is 27.2 Å². The maximum absolute atomic E-state index is 12.5. The smallest absolute Gasteiger partial charge is 0.236 e. The molecule has 0 atom stereocenters. The van der Waals surface area contributed by atoms with Crippen molar-refractivity contribution in [1.82, 2.24) is 19.7 Å². The van der Waals surface area contributed by atoms with Gasteiger partial charge in [-0.05, 0) is 17.7 Å². The maximum atomic E-state index is 12.5. The van der Waals surface area contributed by atoms with Gasteiger partial charge in [0.2, 0.25) is 5.91 Å². The summed E-state index contributed by atoms with van der Waals surface area (Å²) in [6.07, 6.45) is 1.79. The summed E-state index contributed by atoms with van der Waals surface area (Å²) >= 11 is 16.5. The van der Waals surface area contributed by atoms with Crippen LogP contribution in [-0.4, -0.2) is 31.4 Å². The van der Waals surface area contributed by atoms with Crippen LogP contribution in [0.2, 0.25) is 10.0 Å². The molecule has 0 fully saturated rings. The van der Waals surface area contributed by atoms with Crippen LogP contribution < -0.4 is 5.32 Å². The van der Waals surface area contributed by atoms with Crippen LogP contribution in [0.25, 0.3) is 11.3 Å². The van der Waals surface area contributed by atoms with Crippen LogP contribution in [0, 0.1) is 0 Å². The third-order valence-electron chi connectivity index (χ3n) is 4.74. The Morgan fingerprint density at radius 3 is 2.71 bits per heavy atom. The standard InChI is InChI=1S/C24H21Cl2N5OS3/c1-2-10-31-21(14-33-12-16-8-9-18(25)19(26)11-16)29-30-24(31)35-15-22(32)28-23-27-20(13-34-23)17-6-4-3-5-7-17/h2-9,11,13H,1,10,12,14-15H2,(H,27,28,32). The largest absolute Gasteiger partial charge is 0.301 e. The zero-order valence-electron chi connectivity index (χ0n) is 18.5. The van der Waals surface area contributed by atoms with E-state index in [1.165, 1.54) is 23.1 Å². The van der Waals surface area contributed by atoms with E-state index in [2.05, 4.69) is 27.1 Å². The maximum Gasteiger partial charge on any atom is 0.236 e. The van der Waals surface area contributed by atoms with Gasteiger partial charge in [0, 0.05) is 23.2 Å². The number of anilines is 1. The molecule has 0 bridgehead atoms. The van der Waals surface area contributed by atoms with Crippen LogP contribution in [0.1, 0.15) is 11.4 Å². The van der Waals surface area contributed by atoms with Gasteiger partial charge in [0.1, 0.15) is 5.82 Å². The predicted molar refractivity (Wildman–Crippen MR) is 149 cm³/mol. The van der Waals surface area contributed by atoms with Gasteiger partial charge in [-0.3, -0.25) is 4.79 Å². The molecule has 0 radical (unpaired) electrons. The van der Waals surface area contributed by atoms with Crippen LogP contribution in [0.4, 0.5) is 5.13 Å². The Kier molecular flexibility index (Phi) is 9.28. The molecule has 0 spiro atoms. The zero-order chi connectivity index (χ0) is 24.6. The number of nitrogens with one attached hydrogen (secondary N) is 1. The fraction of sp³-hybridized carbons (Fsp3) is 0.167. The van der Waals surface area contributed by atoms with E-state index in [0.29, 0.717) is 32.6 Å². The number of amides is 1. The summed E-state index contributed by atoms with van der Waals surface area (Å²) in [4.78, 5) is 17.0. The second-order valence-electron chi connectivity index (χ2n) is 7.28. The van der Waals surface area contributed by atoms with Gasteiger partial charge in [0.25, 0.3) is 0 Å². The molecule has 0 saturated heterocycles. The molecular formula is C24H21Cl2N5OS3. The third kappa shape index (κ3) is 7.11. The van der Waals surface area contributed by atoms with E-state index in [1.807, 2.05) is 52.4 Å². The summed E-state index contributed by atoms with van der Waals surface area (Å²) in [7, 11) is 0. The van der Waals surface area contributed by atoms with Crippen LogP contribution in [0.5, 0.6) is 0 Å². The second-order valence-corrected chi connectivity index (χ2v) is 10.9. The number of rotatable bonds is 11. The molecule has 6 nitrogen and oxygen atoms in total. The number of nitrogens with zero attached hydrogens (tertiary/aromatic N) is 4. The van der Waals surface area contributed by atoms with E-state index in [4.69, 9.17) is 23.2 Å². The number of carbonyl (C=O) groups excluding carboxylic acids is 1. The highest BCUT2D eigenvalue weighted by molar-refractivity contribution is 7.99. The zero-order valence-corrected chi connectivity index (χ0v) is 22.4. The van der Waals surface area contributed by atoms with Gasteiger partial charge in [-0.25, -0.2) is 4.98 Å².